The number of hydrogen-bond donors (Lipinski definition) is 1. The molecular weight excluding hydrogens is 425 g/mol. The molecule has 0 fully saturated rings. The maximum atomic E-state index is 12.6. The molecule has 0 aliphatic heterocycles. The molecule has 128 valence electrons. The Morgan fingerprint density at radius 1 is 1.25 bits per heavy atom. The van der Waals surface area contributed by atoms with E-state index in [0.29, 0.717) is 30.4 Å². The third-order valence-electron chi connectivity index (χ3n) is 3.41. The van der Waals surface area contributed by atoms with E-state index in [2.05, 4.69) is 27.6 Å². The van der Waals surface area contributed by atoms with Gasteiger partial charge in [-0.05, 0) is 60.1 Å². The number of fused-ring (bicyclic) bond motifs is 1. The summed E-state index contributed by atoms with van der Waals surface area (Å²) in [6.45, 7) is 3.61. The molecular formula is C17H18INO5. The van der Waals surface area contributed by atoms with Gasteiger partial charge in [0.1, 0.15) is 5.56 Å². The zero-order valence-corrected chi connectivity index (χ0v) is 15.6. The van der Waals surface area contributed by atoms with E-state index in [0.717, 1.165) is 9.13 Å². The lowest BCUT2D eigenvalue weighted by atomic mass is 10.1. The number of carbonyl (C=O) groups is 2. The molecule has 1 heterocycles. The molecule has 1 aromatic carbocycles. The molecule has 2 rings (SSSR count). The van der Waals surface area contributed by atoms with Crippen LogP contribution >= 0.6 is 22.6 Å². The third-order valence-corrected chi connectivity index (χ3v) is 4.26. The number of halogens is 1. The predicted molar refractivity (Wildman–Crippen MR) is 98.2 cm³/mol. The Labute approximate surface area is 152 Å². The van der Waals surface area contributed by atoms with Gasteiger partial charge in [-0.25, -0.2) is 4.79 Å². The molecule has 0 unspecified atom stereocenters. The van der Waals surface area contributed by atoms with Gasteiger partial charge in [-0.3, -0.25) is 9.59 Å². The van der Waals surface area contributed by atoms with Gasteiger partial charge in [0.05, 0.1) is 18.7 Å². The Hall–Kier alpha value is -1.90. The van der Waals surface area contributed by atoms with E-state index >= 15 is 0 Å². The molecule has 0 saturated heterocycles. The van der Waals surface area contributed by atoms with Gasteiger partial charge in [0.2, 0.25) is 5.43 Å². The lowest BCUT2D eigenvalue weighted by Crippen LogP contribution is -2.18. The fourth-order valence-corrected chi connectivity index (χ4v) is 3.19. The molecule has 0 radical (unpaired) electrons. The molecule has 0 aliphatic carbocycles. The summed E-state index contributed by atoms with van der Waals surface area (Å²) in [6.07, 6.45) is 2.73. The van der Waals surface area contributed by atoms with Crippen molar-refractivity contribution in [3.05, 3.63) is 43.2 Å². The highest BCUT2D eigenvalue weighted by Crippen LogP contribution is 2.20. The van der Waals surface area contributed by atoms with Gasteiger partial charge in [-0.1, -0.05) is 0 Å². The predicted octanol–water partition coefficient (Wildman–Crippen LogP) is 2.81. The van der Waals surface area contributed by atoms with Gasteiger partial charge in [0.25, 0.3) is 0 Å². The molecule has 0 amide bonds. The van der Waals surface area contributed by atoms with Crippen LogP contribution in [0.5, 0.6) is 0 Å². The van der Waals surface area contributed by atoms with Crippen LogP contribution in [0, 0.1) is 3.57 Å². The summed E-state index contributed by atoms with van der Waals surface area (Å²) in [7, 11) is 0. The Balaban J connectivity index is 2.33. The van der Waals surface area contributed by atoms with Crippen molar-refractivity contribution in [3.63, 3.8) is 0 Å². The molecule has 24 heavy (non-hydrogen) atoms. The fourth-order valence-electron chi connectivity index (χ4n) is 2.34. The highest BCUT2D eigenvalue weighted by molar-refractivity contribution is 14.1. The van der Waals surface area contributed by atoms with Crippen LogP contribution in [0.3, 0.4) is 0 Å². The second-order valence-electron chi connectivity index (χ2n) is 5.20. The molecule has 0 spiro atoms. The number of nitrogens with one attached hydrogen (secondary N) is 1. The maximum Gasteiger partial charge on any atom is 0.343 e. The van der Waals surface area contributed by atoms with Crippen molar-refractivity contribution in [2.24, 2.45) is 0 Å². The summed E-state index contributed by atoms with van der Waals surface area (Å²) < 4.78 is 10.7. The van der Waals surface area contributed by atoms with Gasteiger partial charge in [-0.2, -0.15) is 0 Å². The van der Waals surface area contributed by atoms with Gasteiger partial charge in [-0.15, -0.1) is 0 Å². The fraction of sp³-hybridized carbons (Fsp3) is 0.353. The summed E-state index contributed by atoms with van der Waals surface area (Å²) >= 11 is 2.15. The Morgan fingerprint density at radius 3 is 2.67 bits per heavy atom. The largest absolute Gasteiger partial charge is 0.466 e. The highest BCUT2D eigenvalue weighted by atomic mass is 127. The lowest BCUT2D eigenvalue weighted by Gasteiger charge is -2.08. The normalized spacial score (nSPS) is 10.6. The first-order chi connectivity index (χ1) is 11.4. The number of esters is 2. The van der Waals surface area contributed by atoms with Gasteiger partial charge in [0.15, 0.2) is 0 Å². The van der Waals surface area contributed by atoms with Crippen molar-refractivity contribution in [3.8, 4) is 0 Å². The molecule has 0 bridgehead atoms. The molecule has 7 heteroatoms. The average Bonchev–Trinajstić information content (AvgIpc) is 2.52. The number of rotatable bonds is 6. The number of carbonyl (C=O) groups excluding carboxylic acids is 2. The molecule has 0 atom stereocenters. The summed E-state index contributed by atoms with van der Waals surface area (Å²) in [4.78, 5) is 38.2. The average molecular weight is 443 g/mol. The van der Waals surface area contributed by atoms with E-state index in [1.54, 1.807) is 13.0 Å². The Bertz CT molecular complexity index is 828. The number of aromatic amines is 1. The third kappa shape index (κ3) is 4.34. The van der Waals surface area contributed by atoms with Crippen LogP contribution < -0.4 is 5.43 Å². The first-order valence-electron chi connectivity index (χ1n) is 7.58. The van der Waals surface area contributed by atoms with Gasteiger partial charge >= 0.3 is 11.9 Å². The van der Waals surface area contributed by atoms with E-state index in [1.165, 1.54) is 13.1 Å². The standard InChI is InChI=1S/C17H18INO5/c1-3-23-17(22)13-9-19-15-12(16(13)21)7-11(8-14(15)18)5-4-6-24-10(2)20/h7-9H,3-6H2,1-2H3,(H,19,21). The smallest absolute Gasteiger partial charge is 0.343 e. The zero-order valence-electron chi connectivity index (χ0n) is 13.5. The van der Waals surface area contributed by atoms with Crippen LogP contribution in [-0.2, 0) is 20.7 Å². The summed E-state index contributed by atoms with van der Waals surface area (Å²) in [6, 6.07) is 3.74. The quantitative estimate of drug-likeness (QED) is 0.422. The van der Waals surface area contributed by atoms with E-state index in [9.17, 15) is 14.4 Å². The van der Waals surface area contributed by atoms with Crippen molar-refractivity contribution in [1.29, 1.82) is 0 Å². The van der Waals surface area contributed by atoms with Crippen LogP contribution in [0.1, 0.15) is 36.2 Å². The topological polar surface area (TPSA) is 85.5 Å². The molecule has 1 N–H and O–H groups in total. The second kappa shape index (κ2) is 8.27. The van der Waals surface area contributed by atoms with Crippen LogP contribution in [0.25, 0.3) is 10.9 Å². The van der Waals surface area contributed by atoms with Crippen molar-refractivity contribution in [2.75, 3.05) is 13.2 Å². The minimum atomic E-state index is -0.629. The van der Waals surface area contributed by atoms with E-state index in [-0.39, 0.29) is 23.6 Å². The minimum absolute atomic E-state index is 0.00258. The van der Waals surface area contributed by atoms with E-state index in [4.69, 9.17) is 9.47 Å². The number of H-pyrrole nitrogens is 1. The summed E-state index contributed by atoms with van der Waals surface area (Å²) in [5, 5.41) is 0.454. The number of benzene rings is 1. The van der Waals surface area contributed by atoms with E-state index < -0.39 is 5.97 Å². The van der Waals surface area contributed by atoms with Gasteiger partial charge in [0, 0.05) is 22.1 Å². The molecule has 2 aromatic rings. The zero-order chi connectivity index (χ0) is 17.7. The molecule has 1 aromatic heterocycles. The SMILES string of the molecule is CCOC(=O)c1c[nH]c2c(I)cc(CCCOC(C)=O)cc2c1=O. The number of aromatic nitrogens is 1. The Kier molecular flexibility index (Phi) is 6.36. The molecule has 0 saturated carbocycles. The number of pyridine rings is 1. The van der Waals surface area contributed by atoms with E-state index in [1.807, 2.05) is 6.07 Å². The van der Waals surface area contributed by atoms with Crippen molar-refractivity contribution in [2.45, 2.75) is 26.7 Å². The first-order valence-corrected chi connectivity index (χ1v) is 8.66. The van der Waals surface area contributed by atoms with Crippen molar-refractivity contribution in [1.82, 2.24) is 4.98 Å². The van der Waals surface area contributed by atoms with Crippen LogP contribution in [-0.4, -0.2) is 30.1 Å². The molecule has 6 nitrogen and oxygen atoms in total. The summed E-state index contributed by atoms with van der Waals surface area (Å²) in [5.74, 6) is -0.936. The van der Waals surface area contributed by atoms with Crippen LogP contribution in [0.15, 0.2) is 23.1 Å². The maximum absolute atomic E-state index is 12.6. The Morgan fingerprint density at radius 2 is 2.00 bits per heavy atom. The van der Waals surface area contributed by atoms with Gasteiger partial charge < -0.3 is 14.5 Å². The highest BCUT2D eigenvalue weighted by Gasteiger charge is 2.15. The lowest BCUT2D eigenvalue weighted by molar-refractivity contribution is -0.141. The minimum Gasteiger partial charge on any atom is -0.466 e. The van der Waals surface area contributed by atoms with Crippen LogP contribution in [0.4, 0.5) is 0 Å². The second-order valence-corrected chi connectivity index (χ2v) is 6.36. The monoisotopic (exact) mass is 443 g/mol. The first kappa shape index (κ1) is 18.4. The van der Waals surface area contributed by atoms with Crippen LogP contribution in [0.2, 0.25) is 0 Å². The number of aryl methyl sites for hydroxylation is 1. The van der Waals surface area contributed by atoms with Crippen molar-refractivity contribution < 1.29 is 19.1 Å². The summed E-state index contributed by atoms with van der Waals surface area (Å²) in [5.41, 5.74) is 1.29. The van der Waals surface area contributed by atoms with Crippen molar-refractivity contribution >= 4 is 45.4 Å². The number of hydrogen-bond acceptors (Lipinski definition) is 5. The molecule has 0 aliphatic rings. The number of ether oxygens (including phenoxy) is 2.